The summed E-state index contributed by atoms with van der Waals surface area (Å²) in [6.07, 6.45) is 4.04. The first-order chi connectivity index (χ1) is 8.76. The predicted octanol–water partition coefficient (Wildman–Crippen LogP) is 1.68. The molecule has 1 aromatic carbocycles. The van der Waals surface area contributed by atoms with Crippen LogP contribution < -0.4 is 11.1 Å². The molecular weight excluding hydrogens is 228 g/mol. The lowest BCUT2D eigenvalue weighted by atomic mass is 10.1. The molecule has 1 aromatic rings. The normalized spacial score (nSPS) is 10.3. The third kappa shape index (κ3) is 5.80. The van der Waals surface area contributed by atoms with Gasteiger partial charge in [-0.25, -0.2) is 0 Å². The molecule has 4 N–H and O–H groups in total. The smallest absolute Gasteiger partial charge is 0.224 e. The fourth-order valence-corrected chi connectivity index (χ4v) is 1.71. The highest BCUT2D eigenvalue weighted by atomic mass is 16.2. The highest BCUT2D eigenvalue weighted by Gasteiger charge is 2.02. The van der Waals surface area contributed by atoms with Crippen LogP contribution in [0.5, 0.6) is 0 Å². The summed E-state index contributed by atoms with van der Waals surface area (Å²) in [5.41, 5.74) is 7.26. The Bertz CT molecular complexity index is 349. The Kier molecular flexibility index (Phi) is 7.06. The lowest BCUT2D eigenvalue weighted by Gasteiger charge is -2.06. The minimum absolute atomic E-state index is 0.0435. The molecular formula is C14H22N2O2. The van der Waals surface area contributed by atoms with E-state index in [9.17, 15) is 4.79 Å². The van der Waals surface area contributed by atoms with Crippen molar-refractivity contribution < 1.29 is 9.90 Å². The van der Waals surface area contributed by atoms with Crippen LogP contribution in [0.3, 0.4) is 0 Å². The van der Waals surface area contributed by atoms with E-state index >= 15 is 0 Å². The van der Waals surface area contributed by atoms with Gasteiger partial charge in [-0.15, -0.1) is 0 Å². The fraction of sp³-hybridized carbons (Fsp3) is 0.500. The number of hydrogen-bond donors (Lipinski definition) is 3. The van der Waals surface area contributed by atoms with E-state index in [1.807, 2.05) is 24.3 Å². The SMILES string of the molecule is NCCCCCC(=O)Nc1ccc(CCO)cc1. The summed E-state index contributed by atoms with van der Waals surface area (Å²) in [7, 11) is 0. The van der Waals surface area contributed by atoms with Gasteiger partial charge in [0.2, 0.25) is 5.91 Å². The first-order valence-corrected chi connectivity index (χ1v) is 6.46. The summed E-state index contributed by atoms with van der Waals surface area (Å²) in [5.74, 6) is 0.0435. The Labute approximate surface area is 108 Å². The molecule has 100 valence electrons. The van der Waals surface area contributed by atoms with Crippen LogP contribution >= 0.6 is 0 Å². The van der Waals surface area contributed by atoms with Crippen molar-refractivity contribution in [2.45, 2.75) is 32.1 Å². The van der Waals surface area contributed by atoms with Crippen LogP contribution in [0.25, 0.3) is 0 Å². The molecule has 0 saturated heterocycles. The van der Waals surface area contributed by atoms with Crippen LogP contribution in [0.1, 0.15) is 31.2 Å². The Morgan fingerprint density at radius 3 is 2.50 bits per heavy atom. The van der Waals surface area contributed by atoms with E-state index in [2.05, 4.69) is 5.32 Å². The highest BCUT2D eigenvalue weighted by Crippen LogP contribution is 2.11. The van der Waals surface area contributed by atoms with E-state index in [0.717, 1.165) is 30.5 Å². The first-order valence-electron chi connectivity index (χ1n) is 6.46. The number of anilines is 1. The molecule has 1 rings (SSSR count). The molecule has 0 aliphatic rings. The number of benzene rings is 1. The van der Waals surface area contributed by atoms with Gasteiger partial charge in [-0.1, -0.05) is 18.6 Å². The van der Waals surface area contributed by atoms with Gasteiger partial charge in [0.1, 0.15) is 0 Å². The van der Waals surface area contributed by atoms with Crippen molar-refractivity contribution in [3.05, 3.63) is 29.8 Å². The molecule has 1 amide bonds. The van der Waals surface area contributed by atoms with Gasteiger partial charge in [0, 0.05) is 18.7 Å². The van der Waals surface area contributed by atoms with Gasteiger partial charge < -0.3 is 16.2 Å². The van der Waals surface area contributed by atoms with E-state index in [4.69, 9.17) is 10.8 Å². The van der Waals surface area contributed by atoms with E-state index in [-0.39, 0.29) is 12.5 Å². The number of carbonyl (C=O) groups is 1. The number of hydrogen-bond acceptors (Lipinski definition) is 3. The van der Waals surface area contributed by atoms with Crippen molar-refractivity contribution >= 4 is 11.6 Å². The number of unbranched alkanes of at least 4 members (excludes halogenated alkanes) is 2. The number of aliphatic hydroxyl groups is 1. The Balaban J connectivity index is 2.30. The first kappa shape index (κ1) is 14.7. The molecule has 0 aromatic heterocycles. The van der Waals surface area contributed by atoms with Crippen LogP contribution in [-0.4, -0.2) is 24.2 Å². The van der Waals surface area contributed by atoms with E-state index in [1.54, 1.807) is 0 Å². The number of carbonyl (C=O) groups excluding carboxylic acids is 1. The lowest BCUT2D eigenvalue weighted by molar-refractivity contribution is -0.116. The van der Waals surface area contributed by atoms with Crippen molar-refractivity contribution in [3.63, 3.8) is 0 Å². The average Bonchev–Trinajstić information content (AvgIpc) is 2.37. The van der Waals surface area contributed by atoms with Crippen LogP contribution in [0.4, 0.5) is 5.69 Å². The number of amides is 1. The average molecular weight is 250 g/mol. The van der Waals surface area contributed by atoms with Crippen LogP contribution in [0, 0.1) is 0 Å². The molecule has 0 unspecified atom stereocenters. The van der Waals surface area contributed by atoms with E-state index in [1.165, 1.54) is 0 Å². The van der Waals surface area contributed by atoms with Gasteiger partial charge in [0.15, 0.2) is 0 Å². The minimum atomic E-state index is 0.0435. The Hall–Kier alpha value is -1.39. The Morgan fingerprint density at radius 2 is 1.89 bits per heavy atom. The van der Waals surface area contributed by atoms with Gasteiger partial charge in [0.25, 0.3) is 0 Å². The molecule has 18 heavy (non-hydrogen) atoms. The zero-order valence-electron chi connectivity index (χ0n) is 10.7. The molecule has 4 heteroatoms. The maximum absolute atomic E-state index is 11.6. The summed E-state index contributed by atoms with van der Waals surface area (Å²) < 4.78 is 0. The van der Waals surface area contributed by atoms with Gasteiger partial charge in [-0.05, 0) is 43.5 Å². The second kappa shape index (κ2) is 8.66. The molecule has 0 aliphatic heterocycles. The maximum atomic E-state index is 11.6. The quantitative estimate of drug-likeness (QED) is 0.614. The van der Waals surface area contributed by atoms with Gasteiger partial charge >= 0.3 is 0 Å². The highest BCUT2D eigenvalue weighted by molar-refractivity contribution is 5.90. The molecule has 0 fully saturated rings. The second-order valence-corrected chi connectivity index (χ2v) is 4.32. The van der Waals surface area contributed by atoms with E-state index < -0.39 is 0 Å². The molecule has 0 heterocycles. The third-order valence-electron chi connectivity index (χ3n) is 2.75. The van der Waals surface area contributed by atoms with Crippen LogP contribution in [-0.2, 0) is 11.2 Å². The summed E-state index contributed by atoms with van der Waals surface area (Å²) in [4.78, 5) is 11.6. The standard InChI is InChI=1S/C14H22N2O2/c15-10-3-1-2-4-14(18)16-13-7-5-12(6-8-13)9-11-17/h5-8,17H,1-4,9-11,15H2,(H,16,18). The van der Waals surface area contributed by atoms with Crippen molar-refractivity contribution in [1.82, 2.24) is 0 Å². The Morgan fingerprint density at radius 1 is 1.17 bits per heavy atom. The monoisotopic (exact) mass is 250 g/mol. The van der Waals surface area contributed by atoms with Crippen molar-refractivity contribution in [2.24, 2.45) is 5.73 Å². The fourth-order valence-electron chi connectivity index (χ4n) is 1.71. The molecule has 0 bridgehead atoms. The molecule has 0 radical (unpaired) electrons. The largest absolute Gasteiger partial charge is 0.396 e. The minimum Gasteiger partial charge on any atom is -0.396 e. The zero-order valence-corrected chi connectivity index (χ0v) is 10.7. The summed E-state index contributed by atoms with van der Waals surface area (Å²) in [6.45, 7) is 0.834. The van der Waals surface area contributed by atoms with Crippen molar-refractivity contribution in [3.8, 4) is 0 Å². The summed E-state index contributed by atoms with van der Waals surface area (Å²) >= 11 is 0. The number of nitrogens with two attached hydrogens (primary N) is 1. The lowest BCUT2D eigenvalue weighted by Crippen LogP contribution is -2.11. The zero-order chi connectivity index (χ0) is 13.2. The third-order valence-corrected chi connectivity index (χ3v) is 2.75. The van der Waals surface area contributed by atoms with Crippen LogP contribution in [0.15, 0.2) is 24.3 Å². The topological polar surface area (TPSA) is 75.4 Å². The summed E-state index contributed by atoms with van der Waals surface area (Å²) in [6, 6.07) is 7.56. The van der Waals surface area contributed by atoms with Gasteiger partial charge in [-0.3, -0.25) is 4.79 Å². The predicted molar refractivity (Wildman–Crippen MR) is 73.4 cm³/mol. The van der Waals surface area contributed by atoms with Gasteiger partial charge in [-0.2, -0.15) is 0 Å². The van der Waals surface area contributed by atoms with Crippen molar-refractivity contribution in [2.75, 3.05) is 18.5 Å². The van der Waals surface area contributed by atoms with E-state index in [0.29, 0.717) is 19.4 Å². The summed E-state index contributed by atoms with van der Waals surface area (Å²) in [5, 5.41) is 11.7. The van der Waals surface area contributed by atoms with Crippen molar-refractivity contribution in [1.29, 1.82) is 0 Å². The van der Waals surface area contributed by atoms with Gasteiger partial charge in [0.05, 0.1) is 0 Å². The second-order valence-electron chi connectivity index (χ2n) is 4.32. The molecule has 4 nitrogen and oxygen atoms in total. The molecule has 0 spiro atoms. The number of nitrogens with one attached hydrogen (secondary N) is 1. The van der Waals surface area contributed by atoms with Crippen LogP contribution in [0.2, 0.25) is 0 Å². The maximum Gasteiger partial charge on any atom is 0.224 e. The number of rotatable bonds is 8. The molecule has 0 aliphatic carbocycles. The molecule has 0 saturated carbocycles. The molecule has 0 atom stereocenters. The number of aliphatic hydroxyl groups excluding tert-OH is 1.